The molecule has 6 heteroatoms. The lowest BCUT2D eigenvalue weighted by Crippen LogP contribution is -2.51. The molecule has 0 spiro atoms. The molecule has 0 fully saturated rings. The summed E-state index contributed by atoms with van der Waals surface area (Å²) in [6.07, 6.45) is 0. The Bertz CT molecular complexity index is 402. The normalized spacial score (nSPS) is 18.5. The molecule has 2 amide bonds. The van der Waals surface area contributed by atoms with Gasteiger partial charge >= 0.3 is 5.79 Å². The molecule has 15 heavy (non-hydrogen) atoms. The van der Waals surface area contributed by atoms with Gasteiger partial charge in [-0.1, -0.05) is 12.1 Å². The van der Waals surface area contributed by atoms with Crippen LogP contribution in [0, 0.1) is 0 Å². The smallest absolute Gasteiger partial charge is 0.327 e. The van der Waals surface area contributed by atoms with E-state index in [9.17, 15) is 19.8 Å². The fourth-order valence-corrected chi connectivity index (χ4v) is 1.22. The largest absolute Gasteiger partial charge is 0.351 e. The number of fused-ring (bicyclic) bond motifs is 1. The zero-order chi connectivity index (χ0) is 11.1. The third-order valence-corrected chi connectivity index (χ3v) is 2.06. The number of nitrogens with one attached hydrogen (secondary N) is 2. The Morgan fingerprint density at radius 1 is 0.933 bits per heavy atom. The van der Waals surface area contributed by atoms with Gasteiger partial charge in [0.15, 0.2) is 0 Å². The molecule has 1 aromatic rings. The average molecular weight is 208 g/mol. The molecule has 1 aromatic carbocycles. The van der Waals surface area contributed by atoms with Crippen molar-refractivity contribution in [3.05, 3.63) is 24.3 Å². The fourth-order valence-electron chi connectivity index (χ4n) is 1.22. The van der Waals surface area contributed by atoms with Gasteiger partial charge in [-0.25, -0.2) is 0 Å². The van der Waals surface area contributed by atoms with E-state index in [-0.39, 0.29) is 0 Å². The molecule has 1 aliphatic rings. The maximum atomic E-state index is 11.2. The fraction of sp³-hybridized carbons (Fsp3) is 0.111. The maximum Gasteiger partial charge on any atom is 0.327 e. The van der Waals surface area contributed by atoms with Crippen LogP contribution in [0.2, 0.25) is 0 Å². The minimum Gasteiger partial charge on any atom is -0.351 e. The van der Waals surface area contributed by atoms with Gasteiger partial charge in [-0.15, -0.1) is 0 Å². The van der Waals surface area contributed by atoms with Crippen LogP contribution >= 0.6 is 0 Å². The van der Waals surface area contributed by atoms with E-state index in [4.69, 9.17) is 0 Å². The summed E-state index contributed by atoms with van der Waals surface area (Å²) in [7, 11) is 0. The predicted octanol–water partition coefficient (Wildman–Crippen LogP) is -0.742. The third kappa shape index (κ3) is 1.45. The second-order valence-electron chi connectivity index (χ2n) is 3.13. The number of aliphatic hydroxyl groups is 2. The van der Waals surface area contributed by atoms with Crippen LogP contribution in [0.1, 0.15) is 0 Å². The SMILES string of the molecule is O=C1Nc2ccccc2NC(=O)C1(O)O. The molecule has 0 saturated carbocycles. The van der Waals surface area contributed by atoms with E-state index in [0.717, 1.165) is 0 Å². The Balaban J connectivity index is 2.49. The van der Waals surface area contributed by atoms with Gasteiger partial charge in [0.2, 0.25) is 0 Å². The highest BCUT2D eigenvalue weighted by molar-refractivity contribution is 6.19. The summed E-state index contributed by atoms with van der Waals surface area (Å²) in [4.78, 5) is 22.5. The molecular formula is C9H8N2O4. The number of hydrogen-bond donors (Lipinski definition) is 4. The van der Waals surface area contributed by atoms with E-state index in [2.05, 4.69) is 10.6 Å². The highest BCUT2D eigenvalue weighted by atomic mass is 16.5. The van der Waals surface area contributed by atoms with Crippen LogP contribution in [-0.4, -0.2) is 27.8 Å². The van der Waals surface area contributed by atoms with Crippen molar-refractivity contribution in [3.63, 3.8) is 0 Å². The van der Waals surface area contributed by atoms with Crippen LogP contribution in [-0.2, 0) is 9.59 Å². The summed E-state index contributed by atoms with van der Waals surface area (Å²) in [5.41, 5.74) is 0.640. The molecule has 2 rings (SSSR count). The molecule has 0 unspecified atom stereocenters. The van der Waals surface area contributed by atoms with Crippen molar-refractivity contribution in [2.45, 2.75) is 5.79 Å². The van der Waals surface area contributed by atoms with Crippen molar-refractivity contribution in [1.29, 1.82) is 0 Å². The first-order valence-electron chi connectivity index (χ1n) is 4.18. The van der Waals surface area contributed by atoms with Gasteiger partial charge < -0.3 is 20.8 Å². The summed E-state index contributed by atoms with van der Waals surface area (Å²) in [5, 5.41) is 22.8. The van der Waals surface area contributed by atoms with E-state index in [1.807, 2.05) is 0 Å². The number of para-hydroxylation sites is 2. The van der Waals surface area contributed by atoms with Crippen molar-refractivity contribution in [2.75, 3.05) is 10.6 Å². The van der Waals surface area contributed by atoms with Crippen molar-refractivity contribution in [3.8, 4) is 0 Å². The topological polar surface area (TPSA) is 98.7 Å². The van der Waals surface area contributed by atoms with Crippen molar-refractivity contribution in [2.24, 2.45) is 0 Å². The monoisotopic (exact) mass is 208 g/mol. The lowest BCUT2D eigenvalue weighted by molar-refractivity contribution is -0.184. The molecule has 0 bridgehead atoms. The van der Waals surface area contributed by atoms with E-state index >= 15 is 0 Å². The Hall–Kier alpha value is -1.92. The maximum absolute atomic E-state index is 11.2. The molecule has 0 radical (unpaired) electrons. The summed E-state index contributed by atoms with van der Waals surface area (Å²) < 4.78 is 0. The Morgan fingerprint density at radius 3 is 1.73 bits per heavy atom. The number of carbonyl (C=O) groups excluding carboxylic acids is 2. The van der Waals surface area contributed by atoms with Crippen LogP contribution < -0.4 is 10.6 Å². The minimum atomic E-state index is -3.04. The van der Waals surface area contributed by atoms with Crippen LogP contribution in [0.5, 0.6) is 0 Å². The lowest BCUT2D eigenvalue weighted by atomic mass is 10.2. The minimum absolute atomic E-state index is 0.320. The molecule has 1 aliphatic heterocycles. The quantitative estimate of drug-likeness (QED) is 0.333. The number of anilines is 2. The summed E-state index contributed by atoms with van der Waals surface area (Å²) in [5.74, 6) is -5.39. The molecule has 0 aromatic heterocycles. The van der Waals surface area contributed by atoms with Crippen molar-refractivity contribution >= 4 is 23.2 Å². The van der Waals surface area contributed by atoms with Gasteiger partial charge in [-0.3, -0.25) is 9.59 Å². The molecular weight excluding hydrogens is 200 g/mol. The second kappa shape index (κ2) is 3.04. The Kier molecular flexibility index (Phi) is 1.95. The number of rotatable bonds is 0. The molecule has 0 saturated heterocycles. The van der Waals surface area contributed by atoms with Crippen LogP contribution in [0.25, 0.3) is 0 Å². The van der Waals surface area contributed by atoms with Crippen LogP contribution in [0.4, 0.5) is 11.4 Å². The third-order valence-electron chi connectivity index (χ3n) is 2.06. The van der Waals surface area contributed by atoms with Crippen LogP contribution in [0.3, 0.4) is 0 Å². The van der Waals surface area contributed by atoms with Gasteiger partial charge in [0.1, 0.15) is 0 Å². The number of amides is 2. The van der Waals surface area contributed by atoms with Gasteiger partial charge in [-0.05, 0) is 12.1 Å². The summed E-state index contributed by atoms with van der Waals surface area (Å²) >= 11 is 0. The molecule has 0 atom stereocenters. The first-order chi connectivity index (χ1) is 7.01. The standard InChI is InChI=1S/C9H8N2O4/c12-7-9(14,15)8(13)11-6-4-2-1-3-5(6)10-7/h1-4,14-15H,(H,10,12)(H,11,13). The molecule has 0 aliphatic carbocycles. The number of benzene rings is 1. The first-order valence-corrected chi connectivity index (χ1v) is 4.18. The Labute approximate surface area is 84.5 Å². The van der Waals surface area contributed by atoms with E-state index in [1.54, 1.807) is 12.1 Å². The van der Waals surface area contributed by atoms with Crippen molar-refractivity contribution in [1.82, 2.24) is 0 Å². The highest BCUT2D eigenvalue weighted by Crippen LogP contribution is 2.25. The van der Waals surface area contributed by atoms with Gasteiger partial charge in [0, 0.05) is 0 Å². The highest BCUT2D eigenvalue weighted by Gasteiger charge is 2.44. The zero-order valence-corrected chi connectivity index (χ0v) is 7.52. The second-order valence-corrected chi connectivity index (χ2v) is 3.13. The number of hydrogen-bond acceptors (Lipinski definition) is 4. The van der Waals surface area contributed by atoms with Crippen molar-refractivity contribution < 1.29 is 19.8 Å². The number of carbonyl (C=O) groups is 2. The average Bonchev–Trinajstić information content (AvgIpc) is 2.27. The lowest BCUT2D eigenvalue weighted by Gasteiger charge is -2.14. The van der Waals surface area contributed by atoms with Crippen LogP contribution in [0.15, 0.2) is 24.3 Å². The molecule has 4 N–H and O–H groups in total. The molecule has 78 valence electrons. The van der Waals surface area contributed by atoms with Gasteiger partial charge in [0.25, 0.3) is 11.8 Å². The Morgan fingerprint density at radius 2 is 1.33 bits per heavy atom. The molecule has 1 heterocycles. The summed E-state index contributed by atoms with van der Waals surface area (Å²) in [6.45, 7) is 0. The first kappa shape index (κ1) is 9.63. The van der Waals surface area contributed by atoms with E-state index in [1.165, 1.54) is 12.1 Å². The van der Waals surface area contributed by atoms with E-state index in [0.29, 0.717) is 11.4 Å². The zero-order valence-electron chi connectivity index (χ0n) is 7.52. The van der Waals surface area contributed by atoms with E-state index < -0.39 is 17.6 Å². The summed E-state index contributed by atoms with van der Waals surface area (Å²) in [6, 6.07) is 6.36. The molecule has 6 nitrogen and oxygen atoms in total. The predicted molar refractivity (Wildman–Crippen MR) is 50.9 cm³/mol. The van der Waals surface area contributed by atoms with Gasteiger partial charge in [-0.2, -0.15) is 0 Å². The van der Waals surface area contributed by atoms with Gasteiger partial charge in [0.05, 0.1) is 11.4 Å².